The van der Waals surface area contributed by atoms with Crippen molar-refractivity contribution in [1.29, 1.82) is 0 Å². The first-order valence-corrected chi connectivity index (χ1v) is 2.71. The second kappa shape index (κ2) is 2.60. The van der Waals surface area contributed by atoms with E-state index in [-0.39, 0.29) is 10.7 Å². The quantitative estimate of drug-likeness (QED) is 0.440. The van der Waals surface area contributed by atoms with E-state index in [4.69, 9.17) is 13.0 Å². The summed E-state index contributed by atoms with van der Waals surface area (Å²) in [6, 6.07) is 3.03. The van der Waals surface area contributed by atoms with Gasteiger partial charge in [-0.15, -0.1) is 0 Å². The lowest BCUT2D eigenvalue weighted by molar-refractivity contribution is 0.112. The van der Waals surface area contributed by atoms with E-state index in [2.05, 4.69) is 4.98 Å². The summed E-state index contributed by atoms with van der Waals surface area (Å²) in [5.74, 6) is 0. The van der Waals surface area contributed by atoms with Gasteiger partial charge in [0.15, 0.2) is 6.26 Å². The van der Waals surface area contributed by atoms with Gasteiger partial charge in [-0.1, -0.05) is 11.6 Å². The number of pyridine rings is 1. The maximum atomic E-state index is 10.4. The highest BCUT2D eigenvalue weighted by Crippen LogP contribution is 2.07. The van der Waals surface area contributed by atoms with Gasteiger partial charge in [0.25, 0.3) is 0 Å². The number of carbonyl (C=O) groups is 1. The molecule has 0 aliphatic heterocycles. The zero-order valence-corrected chi connectivity index (χ0v) is 5.22. The van der Waals surface area contributed by atoms with Gasteiger partial charge in [0.1, 0.15) is 6.52 Å². The second-order valence-corrected chi connectivity index (χ2v) is 1.80. The Morgan fingerprint density at radius 1 is 1.89 bits per heavy atom. The van der Waals surface area contributed by atoms with E-state index in [0.29, 0.717) is 0 Å². The summed E-state index contributed by atoms with van der Waals surface area (Å²) in [6.45, 7) is 0. The van der Waals surface area contributed by atoms with E-state index in [9.17, 15) is 4.79 Å². The van der Waals surface area contributed by atoms with Crippen LogP contribution in [0.15, 0.2) is 18.3 Å². The average Bonchev–Trinajstić information content (AvgIpc) is 1.88. The van der Waals surface area contributed by atoms with Crippen molar-refractivity contribution in [2.24, 2.45) is 0 Å². The molecular formula is C6H4ClNO. The Bertz CT molecular complexity index is 264. The molecule has 1 aromatic rings. The summed E-state index contributed by atoms with van der Waals surface area (Å²) in [6.07, 6.45) is 0.660. The van der Waals surface area contributed by atoms with Crippen molar-refractivity contribution in [3.8, 4) is 0 Å². The molecule has 1 aromatic heterocycles. The Labute approximate surface area is 58.9 Å². The van der Waals surface area contributed by atoms with E-state index in [1.807, 2.05) is 0 Å². The lowest BCUT2D eigenvalue weighted by Crippen LogP contribution is -1.82. The van der Waals surface area contributed by atoms with Gasteiger partial charge in [-0.25, -0.2) is 4.98 Å². The third-order valence-corrected chi connectivity index (χ3v) is 1.17. The minimum Gasteiger partial charge on any atom is -0.298 e. The zero-order valence-electron chi connectivity index (χ0n) is 5.47. The van der Waals surface area contributed by atoms with Crippen LogP contribution in [0.25, 0.3) is 0 Å². The minimum absolute atomic E-state index is 0.0856. The molecule has 0 unspecified atom stereocenters. The molecule has 0 spiro atoms. The highest BCUT2D eigenvalue weighted by molar-refractivity contribution is 6.31. The van der Waals surface area contributed by atoms with Crippen LogP contribution in [0, 0.1) is 0 Å². The Morgan fingerprint density at radius 3 is 3.11 bits per heavy atom. The van der Waals surface area contributed by atoms with Gasteiger partial charge in [-0.05, 0) is 12.1 Å². The standard InChI is InChI=1S/C6H4ClNO/c7-6-5(4-9)2-1-3-8-6/h1-4H/i4D. The SMILES string of the molecule is [2H]C(=O)c1cccnc1Cl. The van der Waals surface area contributed by atoms with Crippen LogP contribution in [0.5, 0.6) is 0 Å². The Balaban J connectivity index is 3.15. The first-order valence-electron chi connectivity index (χ1n) is 2.83. The monoisotopic (exact) mass is 142 g/mol. The largest absolute Gasteiger partial charge is 0.298 e. The molecule has 0 fully saturated rings. The summed E-state index contributed by atoms with van der Waals surface area (Å²) < 4.78 is 6.70. The maximum Gasteiger partial charge on any atom is 0.153 e. The summed E-state index contributed by atoms with van der Waals surface area (Å²) in [5, 5.41) is 0.0856. The van der Waals surface area contributed by atoms with Crippen LogP contribution in [0.3, 0.4) is 0 Å². The lowest BCUT2D eigenvalue weighted by Gasteiger charge is -1.89. The molecule has 2 nitrogen and oxygen atoms in total. The Hall–Kier alpha value is -0.890. The van der Waals surface area contributed by atoms with Gasteiger partial charge >= 0.3 is 0 Å². The molecule has 9 heavy (non-hydrogen) atoms. The molecule has 0 bridgehead atoms. The number of nitrogens with zero attached hydrogens (tertiary/aromatic N) is 1. The molecule has 46 valence electrons. The molecule has 0 atom stereocenters. The van der Waals surface area contributed by atoms with E-state index < -0.39 is 6.26 Å². The van der Waals surface area contributed by atoms with Crippen molar-refractivity contribution >= 4 is 17.9 Å². The van der Waals surface area contributed by atoms with Crippen LogP contribution in [0.4, 0.5) is 0 Å². The summed E-state index contributed by atoms with van der Waals surface area (Å²) in [7, 11) is 0. The second-order valence-electron chi connectivity index (χ2n) is 1.44. The van der Waals surface area contributed by atoms with Crippen molar-refractivity contribution in [1.82, 2.24) is 4.98 Å². The topological polar surface area (TPSA) is 30.0 Å². The molecular weight excluding hydrogens is 138 g/mol. The summed E-state index contributed by atoms with van der Waals surface area (Å²) >= 11 is 5.47. The van der Waals surface area contributed by atoms with Crippen LogP contribution in [-0.4, -0.2) is 11.2 Å². The van der Waals surface area contributed by atoms with Gasteiger partial charge < -0.3 is 0 Å². The average molecular weight is 143 g/mol. The molecule has 0 radical (unpaired) electrons. The molecule has 0 aliphatic rings. The third-order valence-electron chi connectivity index (χ3n) is 0.869. The van der Waals surface area contributed by atoms with E-state index in [0.717, 1.165) is 0 Å². The fourth-order valence-corrected chi connectivity index (χ4v) is 0.620. The zero-order chi connectivity index (χ0) is 7.56. The van der Waals surface area contributed by atoms with Gasteiger partial charge in [0.05, 0.1) is 5.56 Å². The fourth-order valence-electron chi connectivity index (χ4n) is 0.462. The smallest absolute Gasteiger partial charge is 0.153 e. The van der Waals surface area contributed by atoms with E-state index in [1.165, 1.54) is 12.3 Å². The number of aldehydes is 1. The third kappa shape index (κ3) is 1.27. The number of hydrogen-bond donors (Lipinski definition) is 0. The van der Waals surface area contributed by atoms with Crippen molar-refractivity contribution in [3.63, 3.8) is 0 Å². The van der Waals surface area contributed by atoms with Crippen molar-refractivity contribution in [2.45, 2.75) is 0 Å². The van der Waals surface area contributed by atoms with Crippen LogP contribution >= 0.6 is 11.6 Å². The number of carbonyl (C=O) groups excluding carboxylic acids is 1. The van der Waals surface area contributed by atoms with Crippen molar-refractivity contribution in [3.05, 3.63) is 29.0 Å². The van der Waals surface area contributed by atoms with Gasteiger partial charge in [0, 0.05) is 6.20 Å². The first kappa shape index (κ1) is 4.94. The highest BCUT2D eigenvalue weighted by atomic mass is 35.5. The molecule has 0 saturated carbocycles. The number of aromatic nitrogens is 1. The van der Waals surface area contributed by atoms with Crippen LogP contribution in [0.1, 0.15) is 11.7 Å². The molecule has 1 rings (SSSR count). The lowest BCUT2D eigenvalue weighted by atomic mass is 10.3. The number of hydrogen-bond acceptors (Lipinski definition) is 2. The predicted molar refractivity (Wildman–Crippen MR) is 34.6 cm³/mol. The molecule has 0 saturated heterocycles. The molecule has 0 amide bonds. The van der Waals surface area contributed by atoms with E-state index in [1.54, 1.807) is 6.07 Å². The Kier molecular flexibility index (Phi) is 1.43. The molecule has 0 aromatic carbocycles. The first-order chi connectivity index (χ1) is 4.72. The van der Waals surface area contributed by atoms with E-state index >= 15 is 0 Å². The van der Waals surface area contributed by atoms with Crippen LogP contribution < -0.4 is 0 Å². The summed E-state index contributed by atoms with van der Waals surface area (Å²) in [5.41, 5.74) is 0.143. The summed E-state index contributed by atoms with van der Waals surface area (Å²) in [4.78, 5) is 14.0. The van der Waals surface area contributed by atoms with Gasteiger partial charge in [0.2, 0.25) is 0 Å². The van der Waals surface area contributed by atoms with Gasteiger partial charge in [-0.2, -0.15) is 0 Å². The normalized spacial score (nSPS) is 10.6. The highest BCUT2D eigenvalue weighted by Gasteiger charge is 1.94. The van der Waals surface area contributed by atoms with Crippen LogP contribution in [0.2, 0.25) is 5.15 Å². The van der Waals surface area contributed by atoms with Crippen molar-refractivity contribution < 1.29 is 6.17 Å². The molecule has 1 heterocycles. The number of halogens is 1. The van der Waals surface area contributed by atoms with Crippen molar-refractivity contribution in [2.75, 3.05) is 0 Å². The minimum atomic E-state index is -0.807. The van der Waals surface area contributed by atoms with Gasteiger partial charge in [-0.3, -0.25) is 4.79 Å². The maximum absolute atomic E-state index is 10.4. The molecule has 0 aliphatic carbocycles. The number of rotatable bonds is 1. The molecule has 3 heteroatoms. The predicted octanol–water partition coefficient (Wildman–Crippen LogP) is 1.55. The van der Waals surface area contributed by atoms with Crippen LogP contribution in [-0.2, 0) is 0 Å². The molecule has 0 N–H and O–H groups in total. The fraction of sp³-hybridized carbons (Fsp3) is 0. The Morgan fingerprint density at radius 2 is 2.67 bits per heavy atom.